The molecule has 0 aliphatic carbocycles. The van der Waals surface area contributed by atoms with Gasteiger partial charge < -0.3 is 14.2 Å². The number of unbranched alkanes of at least 4 members (excludes halogenated alkanes) is 8. The summed E-state index contributed by atoms with van der Waals surface area (Å²) in [5.74, 6) is -1.05. The van der Waals surface area contributed by atoms with E-state index in [-0.39, 0.29) is 44.0 Å². The third kappa shape index (κ3) is 50.2. The Morgan fingerprint density at radius 1 is 0.308 bits per heavy atom. The lowest BCUT2D eigenvalue weighted by molar-refractivity contribution is -0.167. The molecule has 0 amide bonds. The molecule has 1 atom stereocenters. The van der Waals surface area contributed by atoms with Gasteiger partial charge in [0.05, 0.1) is 0 Å². The monoisotopic (exact) mass is 895 g/mol. The maximum absolute atomic E-state index is 12.8. The van der Waals surface area contributed by atoms with Crippen LogP contribution in [0.3, 0.4) is 0 Å². The van der Waals surface area contributed by atoms with Gasteiger partial charge in [0.25, 0.3) is 0 Å². The lowest BCUT2D eigenvalue weighted by atomic mass is 10.1. The highest BCUT2D eigenvalue weighted by molar-refractivity contribution is 5.71. The van der Waals surface area contributed by atoms with E-state index in [1.807, 2.05) is 0 Å². The zero-order chi connectivity index (χ0) is 47.2. The first-order chi connectivity index (χ1) is 32.0. The highest BCUT2D eigenvalue weighted by atomic mass is 16.6. The van der Waals surface area contributed by atoms with Gasteiger partial charge in [-0.25, -0.2) is 0 Å². The van der Waals surface area contributed by atoms with Gasteiger partial charge in [-0.05, 0) is 135 Å². The predicted octanol–water partition coefficient (Wildman–Crippen LogP) is 16.9. The molecule has 0 N–H and O–H groups in total. The van der Waals surface area contributed by atoms with Crippen molar-refractivity contribution < 1.29 is 28.6 Å². The summed E-state index contributed by atoms with van der Waals surface area (Å²) in [6.07, 6.45) is 74.0. The molecule has 6 heteroatoms. The fourth-order valence-corrected chi connectivity index (χ4v) is 6.12. The second-order valence-electron chi connectivity index (χ2n) is 15.9. The molecule has 0 saturated carbocycles. The summed E-state index contributed by atoms with van der Waals surface area (Å²) in [4.78, 5) is 38.0. The molecule has 0 spiro atoms. The van der Waals surface area contributed by atoms with Crippen LogP contribution in [0, 0.1) is 0 Å². The smallest absolute Gasteiger partial charge is 0.306 e. The van der Waals surface area contributed by atoms with Gasteiger partial charge in [0.1, 0.15) is 13.2 Å². The van der Waals surface area contributed by atoms with E-state index in [2.05, 4.69) is 167 Å². The zero-order valence-electron chi connectivity index (χ0n) is 41.2. The van der Waals surface area contributed by atoms with Crippen molar-refractivity contribution in [3.63, 3.8) is 0 Å². The molecule has 362 valence electrons. The maximum Gasteiger partial charge on any atom is 0.306 e. The molecule has 0 saturated heterocycles. The predicted molar refractivity (Wildman–Crippen MR) is 279 cm³/mol. The maximum atomic E-state index is 12.8. The molecule has 0 aromatic heterocycles. The molecular formula is C59H90O6. The topological polar surface area (TPSA) is 78.9 Å². The Kier molecular flexibility index (Phi) is 48.2. The number of carbonyl (C=O) groups is 3. The number of hydrogen-bond donors (Lipinski definition) is 0. The van der Waals surface area contributed by atoms with E-state index in [9.17, 15) is 14.4 Å². The van der Waals surface area contributed by atoms with Crippen molar-refractivity contribution in [1.29, 1.82) is 0 Å². The Balaban J connectivity index is 4.60. The second-order valence-corrected chi connectivity index (χ2v) is 15.9. The molecule has 0 unspecified atom stereocenters. The molecule has 0 aliphatic rings. The zero-order valence-corrected chi connectivity index (χ0v) is 41.2. The van der Waals surface area contributed by atoms with Crippen LogP contribution in [0.25, 0.3) is 0 Å². The molecule has 0 aromatic rings. The van der Waals surface area contributed by atoms with Crippen molar-refractivity contribution in [1.82, 2.24) is 0 Å². The van der Waals surface area contributed by atoms with Gasteiger partial charge in [-0.15, -0.1) is 0 Å². The third-order valence-corrected chi connectivity index (χ3v) is 9.82. The van der Waals surface area contributed by atoms with Crippen LogP contribution in [-0.4, -0.2) is 37.2 Å². The van der Waals surface area contributed by atoms with Crippen molar-refractivity contribution in [3.8, 4) is 0 Å². The summed E-state index contributed by atoms with van der Waals surface area (Å²) in [6, 6.07) is 0. The van der Waals surface area contributed by atoms with E-state index in [0.717, 1.165) is 135 Å². The fraction of sp³-hybridized carbons (Fsp3) is 0.542. The van der Waals surface area contributed by atoms with Crippen molar-refractivity contribution >= 4 is 17.9 Å². The normalized spacial score (nSPS) is 13.3. The van der Waals surface area contributed by atoms with Crippen LogP contribution in [0.4, 0.5) is 0 Å². The van der Waals surface area contributed by atoms with Crippen molar-refractivity contribution in [2.45, 2.75) is 194 Å². The van der Waals surface area contributed by atoms with Crippen LogP contribution >= 0.6 is 0 Å². The Hall–Kier alpha value is -4.71. The van der Waals surface area contributed by atoms with Gasteiger partial charge in [-0.3, -0.25) is 14.4 Å². The summed E-state index contributed by atoms with van der Waals surface area (Å²) in [5, 5.41) is 0. The molecule has 0 aromatic carbocycles. The average molecular weight is 895 g/mol. The minimum atomic E-state index is -0.833. The number of hydrogen-bond acceptors (Lipinski definition) is 6. The first-order valence-corrected chi connectivity index (χ1v) is 25.3. The summed E-state index contributed by atoms with van der Waals surface area (Å²) < 4.78 is 16.7. The first-order valence-electron chi connectivity index (χ1n) is 25.3. The molecule has 0 bridgehead atoms. The van der Waals surface area contributed by atoms with E-state index >= 15 is 0 Å². The van der Waals surface area contributed by atoms with Gasteiger partial charge in [0.15, 0.2) is 6.10 Å². The van der Waals surface area contributed by atoms with Gasteiger partial charge in [-0.2, -0.15) is 0 Å². The van der Waals surface area contributed by atoms with E-state index in [1.54, 1.807) is 0 Å². The van der Waals surface area contributed by atoms with E-state index < -0.39 is 6.10 Å². The molecule has 6 nitrogen and oxygen atoms in total. The van der Waals surface area contributed by atoms with Crippen LogP contribution in [0.1, 0.15) is 188 Å². The molecule has 0 fully saturated rings. The average Bonchev–Trinajstić information content (AvgIpc) is 3.30. The number of esters is 3. The van der Waals surface area contributed by atoms with Crippen LogP contribution in [0.15, 0.2) is 146 Å². The largest absolute Gasteiger partial charge is 0.462 e. The summed E-state index contributed by atoms with van der Waals surface area (Å²) >= 11 is 0. The van der Waals surface area contributed by atoms with Crippen molar-refractivity contribution in [3.05, 3.63) is 146 Å². The van der Waals surface area contributed by atoms with Crippen LogP contribution in [0.2, 0.25) is 0 Å². The Morgan fingerprint density at radius 3 is 0.877 bits per heavy atom. The van der Waals surface area contributed by atoms with Gasteiger partial charge in [0, 0.05) is 19.3 Å². The minimum Gasteiger partial charge on any atom is -0.462 e. The third-order valence-electron chi connectivity index (χ3n) is 9.82. The number of rotatable bonds is 43. The summed E-state index contributed by atoms with van der Waals surface area (Å²) in [6.45, 7) is 6.17. The first kappa shape index (κ1) is 60.3. The van der Waals surface area contributed by atoms with E-state index in [1.165, 1.54) is 0 Å². The van der Waals surface area contributed by atoms with Gasteiger partial charge in [-0.1, -0.05) is 179 Å². The number of ether oxygens (including phenoxy) is 3. The highest BCUT2D eigenvalue weighted by Gasteiger charge is 2.19. The van der Waals surface area contributed by atoms with E-state index in [0.29, 0.717) is 19.3 Å². The van der Waals surface area contributed by atoms with Crippen LogP contribution in [-0.2, 0) is 28.6 Å². The molecular weight excluding hydrogens is 805 g/mol. The quantitative estimate of drug-likeness (QED) is 0.0263. The molecule has 0 heterocycles. The number of carbonyl (C=O) groups excluding carboxylic acids is 3. The standard InChI is InChI=1S/C59H90O6/c1-4-7-10-13-16-19-22-25-28-29-32-34-37-40-43-46-49-52-58(61)64-55-56(65-59(62)53-50-47-44-41-38-35-31-27-24-21-18-15-12-9-6-3)54-63-57(60)51-48-45-42-39-36-33-30-26-23-20-17-14-11-8-5-2/h7-12,16-21,25-28,30-32,34,36,38-39,41,56H,4-6,13-15,22-24,29,33,35,37,40,42-55H2,1-3H3/b10-7-,11-8-,12-9-,19-16-,20-17-,21-18-,28-25-,30-26-,31-27-,34-32-,39-36-,41-38-/t56-/m0/s1. The molecule has 0 rings (SSSR count). The van der Waals surface area contributed by atoms with Gasteiger partial charge in [0.2, 0.25) is 0 Å². The lowest BCUT2D eigenvalue weighted by Crippen LogP contribution is -2.30. The molecule has 0 radical (unpaired) electrons. The van der Waals surface area contributed by atoms with E-state index in [4.69, 9.17) is 14.2 Å². The van der Waals surface area contributed by atoms with Crippen LogP contribution < -0.4 is 0 Å². The van der Waals surface area contributed by atoms with Crippen LogP contribution in [0.5, 0.6) is 0 Å². The Morgan fingerprint density at radius 2 is 0.554 bits per heavy atom. The molecule has 65 heavy (non-hydrogen) atoms. The fourth-order valence-electron chi connectivity index (χ4n) is 6.12. The Labute approximate surface area is 397 Å². The minimum absolute atomic E-state index is 0.128. The van der Waals surface area contributed by atoms with Gasteiger partial charge >= 0.3 is 17.9 Å². The lowest BCUT2D eigenvalue weighted by Gasteiger charge is -2.18. The SMILES string of the molecule is CC/C=C\C/C=C\C/C=C\C/C=C\CCCCCCC(=O)OC[C@H](COC(=O)CCCC/C=C\C/C=C\C/C=C\C/C=C\CC)OC(=O)CCCC/C=C\C/C=C\C/C=C\C/C=C\CC. The number of allylic oxidation sites excluding steroid dienone is 24. The summed E-state index contributed by atoms with van der Waals surface area (Å²) in [7, 11) is 0. The van der Waals surface area contributed by atoms with Crippen molar-refractivity contribution in [2.75, 3.05) is 13.2 Å². The Bertz CT molecular complexity index is 1490. The second kappa shape index (κ2) is 51.9. The summed E-state index contributed by atoms with van der Waals surface area (Å²) in [5.41, 5.74) is 0. The van der Waals surface area contributed by atoms with Crippen molar-refractivity contribution in [2.24, 2.45) is 0 Å². The molecule has 0 aliphatic heterocycles. The highest BCUT2D eigenvalue weighted by Crippen LogP contribution is 2.11.